The zero-order valence-corrected chi connectivity index (χ0v) is 14.1. The van der Waals surface area contributed by atoms with E-state index in [9.17, 15) is 10.2 Å². The van der Waals surface area contributed by atoms with Crippen LogP contribution in [0.4, 0.5) is 0 Å². The number of aliphatic hydroxyl groups excluding tert-OH is 3. The number of hydrogen-bond donors (Lipinski definition) is 4. The predicted molar refractivity (Wildman–Crippen MR) is 92.7 cm³/mol. The van der Waals surface area contributed by atoms with Crippen molar-refractivity contribution in [3.63, 3.8) is 0 Å². The lowest BCUT2D eigenvalue weighted by Gasteiger charge is -2.33. The maximum atomic E-state index is 10.0. The summed E-state index contributed by atoms with van der Waals surface area (Å²) in [4.78, 5) is 0. The molecule has 0 aliphatic heterocycles. The average Bonchev–Trinajstić information content (AvgIpc) is 2.64. The Hall–Kier alpha value is -2.12. The minimum Gasteiger partial charge on any atom is -0.491 e. The molecule has 6 nitrogen and oxygen atoms in total. The van der Waals surface area contributed by atoms with E-state index < -0.39 is 11.7 Å². The molecule has 0 bridgehead atoms. The van der Waals surface area contributed by atoms with Gasteiger partial charge in [-0.25, -0.2) is 0 Å². The molecule has 25 heavy (non-hydrogen) atoms. The second-order valence-corrected chi connectivity index (χ2v) is 5.77. The number of hydrogen-bond acceptors (Lipinski definition) is 6. The van der Waals surface area contributed by atoms with Crippen molar-refractivity contribution >= 4 is 0 Å². The Morgan fingerprint density at radius 3 is 1.40 bits per heavy atom. The van der Waals surface area contributed by atoms with Gasteiger partial charge in [0.1, 0.15) is 24.7 Å². The summed E-state index contributed by atoms with van der Waals surface area (Å²) in [5.74, 6) is 1.20. The fourth-order valence-electron chi connectivity index (χ4n) is 2.59. The molecular formula is C19H24O6. The van der Waals surface area contributed by atoms with Crippen LogP contribution < -0.4 is 9.47 Å². The van der Waals surface area contributed by atoms with Crippen LogP contribution in [0.15, 0.2) is 48.5 Å². The van der Waals surface area contributed by atoms with Gasteiger partial charge in [0.2, 0.25) is 0 Å². The summed E-state index contributed by atoms with van der Waals surface area (Å²) in [6, 6.07) is 14.0. The molecule has 2 aromatic carbocycles. The van der Waals surface area contributed by atoms with Gasteiger partial charge < -0.3 is 29.9 Å². The molecule has 0 fully saturated rings. The van der Waals surface area contributed by atoms with E-state index in [-0.39, 0.29) is 26.4 Å². The molecule has 0 aliphatic rings. The van der Waals surface area contributed by atoms with Crippen LogP contribution in [0.3, 0.4) is 0 Å². The molecule has 6 heteroatoms. The van der Waals surface area contributed by atoms with E-state index in [0.717, 1.165) is 0 Å². The fraction of sp³-hybridized carbons (Fsp3) is 0.368. The largest absolute Gasteiger partial charge is 0.491 e. The van der Waals surface area contributed by atoms with Crippen molar-refractivity contribution in [3.05, 3.63) is 59.7 Å². The summed E-state index contributed by atoms with van der Waals surface area (Å²) in [5, 5.41) is 37.6. The molecular weight excluding hydrogens is 324 g/mol. The van der Waals surface area contributed by atoms with Gasteiger partial charge in [-0.05, 0) is 42.3 Å². The quantitative estimate of drug-likeness (QED) is 0.506. The molecule has 0 saturated heterocycles. The van der Waals surface area contributed by atoms with Gasteiger partial charge in [0.25, 0.3) is 0 Å². The van der Waals surface area contributed by atoms with Gasteiger partial charge in [-0.2, -0.15) is 0 Å². The highest BCUT2D eigenvalue weighted by Gasteiger charge is 2.36. The van der Waals surface area contributed by atoms with Gasteiger partial charge >= 0.3 is 0 Å². The van der Waals surface area contributed by atoms with Gasteiger partial charge in [0.15, 0.2) is 6.29 Å². The Labute approximate surface area is 146 Å². The van der Waals surface area contributed by atoms with Crippen LogP contribution >= 0.6 is 0 Å². The van der Waals surface area contributed by atoms with Crippen LogP contribution in [0.1, 0.15) is 18.1 Å². The number of rotatable bonds is 9. The maximum Gasteiger partial charge on any atom is 0.165 e. The van der Waals surface area contributed by atoms with Crippen molar-refractivity contribution in [1.82, 2.24) is 0 Å². The molecule has 0 saturated carbocycles. The van der Waals surface area contributed by atoms with Crippen LogP contribution in [0.5, 0.6) is 11.5 Å². The normalized spacial score (nSPS) is 11.6. The van der Waals surface area contributed by atoms with Gasteiger partial charge in [0.05, 0.1) is 18.6 Å². The third kappa shape index (κ3) is 4.49. The molecule has 2 aromatic rings. The molecule has 0 radical (unpaired) electrons. The summed E-state index contributed by atoms with van der Waals surface area (Å²) in [7, 11) is 0. The van der Waals surface area contributed by atoms with E-state index in [4.69, 9.17) is 19.7 Å². The lowest BCUT2D eigenvalue weighted by Crippen LogP contribution is -2.37. The average molecular weight is 348 g/mol. The maximum absolute atomic E-state index is 10.0. The van der Waals surface area contributed by atoms with E-state index in [1.54, 1.807) is 55.5 Å². The molecule has 0 heterocycles. The summed E-state index contributed by atoms with van der Waals surface area (Å²) in [6.45, 7) is 2.01. The molecule has 0 aliphatic carbocycles. The SMILES string of the molecule is CC(c1ccc(OCCO)cc1)(c1ccc(OCCO)cc1)C(O)O. The predicted octanol–water partition coefficient (Wildman–Crippen LogP) is 1.05. The first-order valence-electron chi connectivity index (χ1n) is 8.07. The minimum absolute atomic E-state index is 0.0699. The Morgan fingerprint density at radius 2 is 1.12 bits per heavy atom. The third-order valence-electron chi connectivity index (χ3n) is 4.14. The van der Waals surface area contributed by atoms with E-state index >= 15 is 0 Å². The topological polar surface area (TPSA) is 99.4 Å². The molecule has 0 spiro atoms. The first kappa shape index (κ1) is 19.2. The molecule has 136 valence electrons. The van der Waals surface area contributed by atoms with E-state index in [2.05, 4.69) is 0 Å². The Bertz CT molecular complexity index is 584. The zero-order valence-electron chi connectivity index (χ0n) is 14.1. The molecule has 0 unspecified atom stereocenters. The third-order valence-corrected chi connectivity index (χ3v) is 4.14. The Kier molecular flexibility index (Phi) is 6.78. The summed E-state index contributed by atoms with van der Waals surface area (Å²) < 4.78 is 10.7. The van der Waals surface area contributed by atoms with E-state index in [1.165, 1.54) is 0 Å². The van der Waals surface area contributed by atoms with Crippen molar-refractivity contribution in [2.75, 3.05) is 26.4 Å². The van der Waals surface area contributed by atoms with Crippen LogP contribution in [0.25, 0.3) is 0 Å². The summed E-state index contributed by atoms with van der Waals surface area (Å²) in [6.07, 6.45) is -1.61. The van der Waals surface area contributed by atoms with Crippen LogP contribution in [0.2, 0.25) is 0 Å². The van der Waals surface area contributed by atoms with Crippen molar-refractivity contribution in [2.45, 2.75) is 18.6 Å². The van der Waals surface area contributed by atoms with Gasteiger partial charge in [-0.1, -0.05) is 24.3 Å². The van der Waals surface area contributed by atoms with E-state index in [0.29, 0.717) is 22.6 Å². The Balaban J connectivity index is 2.28. The second-order valence-electron chi connectivity index (χ2n) is 5.77. The van der Waals surface area contributed by atoms with Crippen molar-refractivity contribution in [2.24, 2.45) is 0 Å². The van der Waals surface area contributed by atoms with Crippen molar-refractivity contribution in [1.29, 1.82) is 0 Å². The minimum atomic E-state index is -1.61. The lowest BCUT2D eigenvalue weighted by atomic mass is 9.75. The molecule has 0 aromatic heterocycles. The highest BCUT2D eigenvalue weighted by Crippen LogP contribution is 2.36. The smallest absolute Gasteiger partial charge is 0.165 e. The summed E-state index contributed by atoms with van der Waals surface area (Å²) >= 11 is 0. The van der Waals surface area contributed by atoms with Crippen LogP contribution in [0, 0.1) is 0 Å². The molecule has 2 rings (SSSR count). The highest BCUT2D eigenvalue weighted by molar-refractivity contribution is 5.43. The Morgan fingerprint density at radius 1 is 0.760 bits per heavy atom. The first-order chi connectivity index (χ1) is 12.0. The molecule has 0 amide bonds. The van der Waals surface area contributed by atoms with Gasteiger partial charge in [0, 0.05) is 0 Å². The number of aliphatic hydroxyl groups is 4. The zero-order chi connectivity index (χ0) is 18.3. The monoisotopic (exact) mass is 348 g/mol. The lowest BCUT2D eigenvalue weighted by molar-refractivity contribution is -0.0820. The standard InChI is InChI=1S/C19H24O6/c1-19(18(22)23,14-2-6-16(7-3-14)24-12-10-20)15-4-8-17(9-5-15)25-13-11-21/h2-9,18,20-23H,10-13H2,1H3. The molecule has 0 atom stereocenters. The molecule has 4 N–H and O–H groups in total. The first-order valence-corrected chi connectivity index (χ1v) is 8.07. The van der Waals surface area contributed by atoms with Gasteiger partial charge in [-0.15, -0.1) is 0 Å². The van der Waals surface area contributed by atoms with Crippen molar-refractivity contribution < 1.29 is 29.9 Å². The van der Waals surface area contributed by atoms with Crippen LogP contribution in [-0.4, -0.2) is 53.1 Å². The summed E-state index contributed by atoms with van der Waals surface area (Å²) in [5.41, 5.74) is 0.385. The second kappa shape index (κ2) is 8.82. The van der Waals surface area contributed by atoms with Gasteiger partial charge in [-0.3, -0.25) is 0 Å². The number of ether oxygens (including phenoxy) is 2. The highest BCUT2D eigenvalue weighted by atomic mass is 16.5. The van der Waals surface area contributed by atoms with Crippen molar-refractivity contribution in [3.8, 4) is 11.5 Å². The fourth-order valence-corrected chi connectivity index (χ4v) is 2.59. The number of benzene rings is 2. The van der Waals surface area contributed by atoms with E-state index in [1.807, 2.05) is 0 Å². The van der Waals surface area contributed by atoms with Crippen LogP contribution in [-0.2, 0) is 5.41 Å².